The molecule has 0 aliphatic carbocycles. The number of para-hydroxylation sites is 1. The molecular weight excluding hydrogens is 426 g/mol. The van der Waals surface area contributed by atoms with E-state index in [2.05, 4.69) is 5.32 Å². The van der Waals surface area contributed by atoms with Crippen molar-refractivity contribution in [3.63, 3.8) is 0 Å². The second-order valence-corrected chi connectivity index (χ2v) is 8.68. The van der Waals surface area contributed by atoms with Crippen LogP contribution in [0.2, 0.25) is 0 Å². The Morgan fingerprint density at radius 2 is 1.65 bits per heavy atom. The maximum Gasteiger partial charge on any atom is 0.255 e. The van der Waals surface area contributed by atoms with Gasteiger partial charge in [0.05, 0.1) is 7.11 Å². The molecule has 1 N–H and O–H groups in total. The average molecular weight is 446 g/mol. The summed E-state index contributed by atoms with van der Waals surface area (Å²) in [5.74, 6) is -2.73. The number of hydrogen-bond acceptors (Lipinski definition) is 4. The molecule has 0 saturated heterocycles. The van der Waals surface area contributed by atoms with Gasteiger partial charge in [-0.1, -0.05) is 36.4 Å². The maximum atomic E-state index is 13.8. The van der Waals surface area contributed by atoms with Crippen LogP contribution >= 0.6 is 0 Å². The Bertz CT molecular complexity index is 1180. The molecule has 0 saturated carbocycles. The fourth-order valence-corrected chi connectivity index (χ4v) is 4.25. The summed E-state index contributed by atoms with van der Waals surface area (Å²) >= 11 is 0. The lowest BCUT2D eigenvalue weighted by Gasteiger charge is -2.19. The molecule has 0 heterocycles. The number of rotatable bonds is 7. The number of amides is 1. The van der Waals surface area contributed by atoms with Crippen LogP contribution in [0.5, 0.6) is 5.75 Å². The normalized spacial score (nSPS) is 11.4. The Morgan fingerprint density at radius 1 is 1.00 bits per heavy atom. The summed E-state index contributed by atoms with van der Waals surface area (Å²) in [7, 11) is -1.33. The molecule has 9 heteroatoms. The Morgan fingerprint density at radius 3 is 2.26 bits per heavy atom. The molecule has 31 heavy (non-hydrogen) atoms. The smallest absolute Gasteiger partial charge is 0.255 e. The quantitative estimate of drug-likeness (QED) is 0.594. The van der Waals surface area contributed by atoms with Gasteiger partial charge in [-0.25, -0.2) is 17.2 Å². The van der Waals surface area contributed by atoms with E-state index in [1.807, 2.05) is 6.07 Å². The maximum absolute atomic E-state index is 13.8. The highest BCUT2D eigenvalue weighted by molar-refractivity contribution is 7.89. The van der Waals surface area contributed by atoms with E-state index in [4.69, 9.17) is 4.74 Å². The van der Waals surface area contributed by atoms with Crippen LogP contribution in [0.3, 0.4) is 0 Å². The molecule has 6 nitrogen and oxygen atoms in total. The summed E-state index contributed by atoms with van der Waals surface area (Å²) in [5.41, 5.74) is 0.0560. The number of carbonyl (C=O) groups excluding carboxylic acids is 1. The highest BCUT2D eigenvalue weighted by Gasteiger charge is 2.26. The molecule has 0 radical (unpaired) electrons. The molecule has 3 rings (SSSR count). The minimum absolute atomic E-state index is 0.0357. The SMILES string of the molecule is COc1ccc(C(=O)Nc2c(F)cccc2F)cc1S(=O)(=O)N(C)Cc1ccccc1. The van der Waals surface area contributed by atoms with Gasteiger partial charge in [-0.15, -0.1) is 0 Å². The molecule has 0 fully saturated rings. The Balaban J connectivity index is 1.93. The highest BCUT2D eigenvalue weighted by atomic mass is 32.2. The number of methoxy groups -OCH3 is 1. The van der Waals surface area contributed by atoms with E-state index < -0.39 is 33.3 Å². The zero-order chi connectivity index (χ0) is 22.6. The average Bonchev–Trinajstić information content (AvgIpc) is 2.76. The summed E-state index contributed by atoms with van der Waals surface area (Å²) in [5, 5.41) is 2.14. The van der Waals surface area contributed by atoms with E-state index >= 15 is 0 Å². The van der Waals surface area contributed by atoms with Crippen LogP contribution in [0.4, 0.5) is 14.5 Å². The van der Waals surface area contributed by atoms with Crippen molar-refractivity contribution in [2.75, 3.05) is 19.5 Å². The lowest BCUT2D eigenvalue weighted by molar-refractivity contribution is 0.102. The number of nitrogens with zero attached hydrogens (tertiary/aromatic N) is 1. The standard InChI is InChI=1S/C22H20F2N2O4S/c1-26(14-15-7-4-3-5-8-15)31(28,29)20-13-16(11-12-19(20)30-2)22(27)25-21-17(23)9-6-10-18(21)24/h3-13H,14H2,1-2H3,(H,25,27). The highest BCUT2D eigenvalue weighted by Crippen LogP contribution is 2.29. The molecule has 0 aliphatic heterocycles. The van der Waals surface area contributed by atoms with Gasteiger partial charge in [0.25, 0.3) is 5.91 Å². The predicted octanol–water partition coefficient (Wildman–Crippen LogP) is 4.05. The molecule has 0 aromatic heterocycles. The number of nitrogens with one attached hydrogen (secondary N) is 1. The van der Waals surface area contributed by atoms with E-state index in [1.165, 1.54) is 32.4 Å². The van der Waals surface area contributed by atoms with Crippen molar-refractivity contribution >= 4 is 21.6 Å². The molecule has 3 aromatic rings. The van der Waals surface area contributed by atoms with Gasteiger partial charge in [0, 0.05) is 19.2 Å². The van der Waals surface area contributed by atoms with Gasteiger partial charge in [-0.05, 0) is 35.9 Å². The Hall–Kier alpha value is -3.30. The van der Waals surface area contributed by atoms with Crippen molar-refractivity contribution < 1.29 is 26.7 Å². The van der Waals surface area contributed by atoms with E-state index in [1.54, 1.807) is 24.3 Å². The van der Waals surface area contributed by atoms with Crippen LogP contribution < -0.4 is 10.1 Å². The molecule has 3 aromatic carbocycles. The molecule has 0 unspecified atom stereocenters. The van der Waals surface area contributed by atoms with Crippen LogP contribution in [0.25, 0.3) is 0 Å². The summed E-state index contributed by atoms with van der Waals surface area (Å²) in [6.45, 7) is 0.100. The minimum Gasteiger partial charge on any atom is -0.495 e. The van der Waals surface area contributed by atoms with Crippen molar-refractivity contribution in [3.8, 4) is 5.75 Å². The van der Waals surface area contributed by atoms with Crippen molar-refractivity contribution in [3.05, 3.63) is 89.5 Å². The van der Waals surface area contributed by atoms with Crippen LogP contribution in [0.15, 0.2) is 71.6 Å². The fourth-order valence-electron chi connectivity index (χ4n) is 2.92. The fraction of sp³-hybridized carbons (Fsp3) is 0.136. The second-order valence-electron chi connectivity index (χ2n) is 6.66. The van der Waals surface area contributed by atoms with Crippen molar-refractivity contribution in [2.24, 2.45) is 0 Å². The van der Waals surface area contributed by atoms with Gasteiger partial charge in [0.2, 0.25) is 10.0 Å². The molecule has 0 bridgehead atoms. The lowest BCUT2D eigenvalue weighted by Crippen LogP contribution is -2.27. The number of sulfonamides is 1. The Labute approximate surface area is 179 Å². The Kier molecular flexibility index (Phi) is 6.67. The van der Waals surface area contributed by atoms with Crippen LogP contribution in [-0.4, -0.2) is 32.8 Å². The predicted molar refractivity (Wildman–Crippen MR) is 112 cm³/mol. The third-order valence-corrected chi connectivity index (χ3v) is 6.39. The lowest BCUT2D eigenvalue weighted by atomic mass is 10.2. The van der Waals surface area contributed by atoms with Crippen molar-refractivity contribution in [2.45, 2.75) is 11.4 Å². The molecule has 1 amide bonds. The zero-order valence-corrected chi connectivity index (χ0v) is 17.6. The third kappa shape index (κ3) is 4.89. The van der Waals surface area contributed by atoms with Crippen molar-refractivity contribution in [1.82, 2.24) is 4.31 Å². The van der Waals surface area contributed by atoms with Gasteiger partial charge in [0.1, 0.15) is 28.0 Å². The van der Waals surface area contributed by atoms with Gasteiger partial charge < -0.3 is 10.1 Å². The first kappa shape index (κ1) is 22.4. The third-order valence-electron chi connectivity index (χ3n) is 4.56. The first-order valence-electron chi connectivity index (χ1n) is 9.17. The molecule has 0 spiro atoms. The summed E-state index contributed by atoms with van der Waals surface area (Å²) in [4.78, 5) is 12.3. The minimum atomic E-state index is -4.04. The van der Waals surface area contributed by atoms with Crippen LogP contribution in [-0.2, 0) is 16.6 Å². The van der Waals surface area contributed by atoms with Crippen LogP contribution in [0, 0.1) is 11.6 Å². The number of ether oxygens (including phenoxy) is 1. The zero-order valence-electron chi connectivity index (χ0n) is 16.8. The molecule has 0 atom stereocenters. The number of hydrogen-bond donors (Lipinski definition) is 1. The van der Waals surface area contributed by atoms with Crippen molar-refractivity contribution in [1.29, 1.82) is 0 Å². The topological polar surface area (TPSA) is 75.7 Å². The van der Waals surface area contributed by atoms with Gasteiger partial charge in [-0.3, -0.25) is 4.79 Å². The summed E-state index contributed by atoms with van der Waals surface area (Å²) in [6.07, 6.45) is 0. The van der Waals surface area contributed by atoms with Crippen LogP contribution in [0.1, 0.15) is 15.9 Å². The van der Waals surface area contributed by atoms with Gasteiger partial charge >= 0.3 is 0 Å². The number of carbonyl (C=O) groups is 1. The summed E-state index contributed by atoms with van der Waals surface area (Å²) < 4.78 is 60.3. The summed E-state index contributed by atoms with van der Waals surface area (Å²) in [6, 6.07) is 15.9. The van der Waals surface area contributed by atoms with Gasteiger partial charge in [0.15, 0.2) is 0 Å². The second kappa shape index (κ2) is 9.23. The number of benzene rings is 3. The monoisotopic (exact) mass is 446 g/mol. The largest absolute Gasteiger partial charge is 0.495 e. The number of halogens is 2. The van der Waals surface area contributed by atoms with Gasteiger partial charge in [-0.2, -0.15) is 4.31 Å². The van der Waals surface area contributed by atoms with E-state index in [-0.39, 0.29) is 22.8 Å². The molecule has 162 valence electrons. The van der Waals surface area contributed by atoms with E-state index in [0.717, 1.165) is 28.1 Å². The molecular formula is C22H20F2N2O4S. The van der Waals surface area contributed by atoms with E-state index in [0.29, 0.717) is 0 Å². The first-order chi connectivity index (χ1) is 14.7. The van der Waals surface area contributed by atoms with E-state index in [9.17, 15) is 22.0 Å². The number of anilines is 1. The first-order valence-corrected chi connectivity index (χ1v) is 10.6. The molecule has 0 aliphatic rings.